The molecule has 2 rings (SSSR count). The minimum absolute atomic E-state index is 0.203. The van der Waals surface area contributed by atoms with Crippen LogP contribution in [0, 0.1) is 6.92 Å². The number of nitrogens with one attached hydrogen (secondary N) is 1. The number of halogens is 1. The molecule has 0 radical (unpaired) electrons. The molecule has 1 aromatic carbocycles. The molecule has 1 heterocycles. The van der Waals surface area contributed by atoms with Crippen molar-refractivity contribution < 1.29 is 9.53 Å². The van der Waals surface area contributed by atoms with Gasteiger partial charge in [-0.2, -0.15) is 5.10 Å². The third kappa shape index (κ3) is 4.64. The van der Waals surface area contributed by atoms with E-state index in [4.69, 9.17) is 4.74 Å². The summed E-state index contributed by atoms with van der Waals surface area (Å²) in [6.07, 6.45) is 1.77. The molecule has 0 bridgehead atoms. The number of nitrogens with zero attached hydrogens (tertiary/aromatic N) is 2. The molecule has 5 nitrogen and oxygen atoms in total. The Morgan fingerprint density at radius 1 is 1.57 bits per heavy atom. The predicted octanol–water partition coefficient (Wildman–Crippen LogP) is 2.92. The molecular formula is C14H14BrN3O2S. The molecule has 0 spiro atoms. The number of methoxy groups -OCH3 is 1. The van der Waals surface area contributed by atoms with Gasteiger partial charge in [0.25, 0.3) is 0 Å². The van der Waals surface area contributed by atoms with E-state index >= 15 is 0 Å². The molecule has 0 saturated carbocycles. The van der Waals surface area contributed by atoms with Crippen molar-refractivity contribution in [1.82, 2.24) is 10.4 Å². The molecule has 0 atom stereocenters. The maximum Gasteiger partial charge on any atom is 0.246 e. The molecule has 2 aromatic rings. The summed E-state index contributed by atoms with van der Waals surface area (Å²) in [7, 11) is 1.59. The fourth-order valence-electron chi connectivity index (χ4n) is 1.67. The van der Waals surface area contributed by atoms with Crippen LogP contribution in [0.3, 0.4) is 0 Å². The molecular weight excluding hydrogens is 354 g/mol. The second-order valence-corrected chi connectivity index (χ2v) is 6.19. The van der Waals surface area contributed by atoms with Gasteiger partial charge in [0, 0.05) is 15.4 Å². The fraction of sp³-hybridized carbons (Fsp3) is 0.214. The quantitative estimate of drug-likeness (QED) is 0.652. The first-order valence-electron chi connectivity index (χ1n) is 6.15. The van der Waals surface area contributed by atoms with Crippen LogP contribution in [0.25, 0.3) is 0 Å². The Hall–Kier alpha value is -1.73. The van der Waals surface area contributed by atoms with Gasteiger partial charge in [-0.25, -0.2) is 10.4 Å². The molecule has 21 heavy (non-hydrogen) atoms. The standard InChI is InChI=1S/C14H14BrN3O2S/c1-9-17-12(8-21-9)6-14(19)18-16-7-10-5-11(15)3-4-13(10)20-2/h3-5,7-8H,6H2,1-2H3,(H,18,19)/b16-7-. The van der Waals surface area contributed by atoms with E-state index in [1.165, 1.54) is 11.3 Å². The minimum Gasteiger partial charge on any atom is -0.496 e. The lowest BCUT2D eigenvalue weighted by atomic mass is 10.2. The lowest BCUT2D eigenvalue weighted by Crippen LogP contribution is -2.20. The topological polar surface area (TPSA) is 63.6 Å². The summed E-state index contributed by atoms with van der Waals surface area (Å²) < 4.78 is 6.13. The molecule has 1 aromatic heterocycles. The van der Waals surface area contributed by atoms with E-state index in [9.17, 15) is 4.79 Å². The monoisotopic (exact) mass is 367 g/mol. The summed E-state index contributed by atoms with van der Waals surface area (Å²) in [5, 5.41) is 6.76. The van der Waals surface area contributed by atoms with Crippen LogP contribution in [-0.4, -0.2) is 24.2 Å². The first kappa shape index (κ1) is 15.7. The van der Waals surface area contributed by atoms with Crippen molar-refractivity contribution >= 4 is 39.4 Å². The van der Waals surface area contributed by atoms with E-state index in [0.29, 0.717) is 5.75 Å². The third-order valence-electron chi connectivity index (χ3n) is 2.59. The van der Waals surface area contributed by atoms with Crippen LogP contribution in [0.15, 0.2) is 33.2 Å². The summed E-state index contributed by atoms with van der Waals surface area (Å²) in [4.78, 5) is 16.0. The number of hydrogen-bond acceptors (Lipinski definition) is 5. The van der Waals surface area contributed by atoms with Gasteiger partial charge in [-0.3, -0.25) is 4.79 Å². The Morgan fingerprint density at radius 3 is 3.05 bits per heavy atom. The van der Waals surface area contributed by atoms with Crippen LogP contribution in [0.4, 0.5) is 0 Å². The van der Waals surface area contributed by atoms with E-state index in [1.54, 1.807) is 13.3 Å². The average molecular weight is 368 g/mol. The van der Waals surface area contributed by atoms with Crippen molar-refractivity contribution in [3.05, 3.63) is 44.3 Å². The van der Waals surface area contributed by atoms with E-state index in [1.807, 2.05) is 30.5 Å². The number of rotatable bonds is 5. The van der Waals surface area contributed by atoms with Crippen LogP contribution < -0.4 is 10.2 Å². The fourth-order valence-corrected chi connectivity index (χ4v) is 2.66. The van der Waals surface area contributed by atoms with Crippen LogP contribution in [0.5, 0.6) is 5.75 Å². The molecule has 1 N–H and O–H groups in total. The first-order valence-corrected chi connectivity index (χ1v) is 7.82. The highest BCUT2D eigenvalue weighted by Gasteiger charge is 2.05. The van der Waals surface area contributed by atoms with Gasteiger partial charge in [0.05, 0.1) is 30.4 Å². The summed E-state index contributed by atoms with van der Waals surface area (Å²) >= 11 is 4.90. The average Bonchev–Trinajstić information content (AvgIpc) is 2.84. The molecule has 0 fully saturated rings. The Bertz CT molecular complexity index is 670. The smallest absolute Gasteiger partial charge is 0.246 e. The van der Waals surface area contributed by atoms with Gasteiger partial charge in [0.1, 0.15) is 5.75 Å². The largest absolute Gasteiger partial charge is 0.496 e. The van der Waals surface area contributed by atoms with Crippen LogP contribution >= 0.6 is 27.3 Å². The number of hydrazone groups is 1. The van der Waals surface area contributed by atoms with Gasteiger partial charge < -0.3 is 4.74 Å². The van der Waals surface area contributed by atoms with Crippen molar-refractivity contribution in [3.63, 3.8) is 0 Å². The molecule has 7 heteroatoms. The molecule has 0 unspecified atom stereocenters. The number of benzene rings is 1. The molecule has 1 amide bonds. The van der Waals surface area contributed by atoms with Crippen LogP contribution in [0.2, 0.25) is 0 Å². The van der Waals surface area contributed by atoms with Crippen LogP contribution in [0.1, 0.15) is 16.3 Å². The first-order chi connectivity index (χ1) is 10.1. The number of aromatic nitrogens is 1. The van der Waals surface area contributed by atoms with E-state index in [2.05, 4.69) is 31.4 Å². The van der Waals surface area contributed by atoms with E-state index in [0.717, 1.165) is 20.7 Å². The minimum atomic E-state index is -0.203. The Kier molecular flexibility index (Phi) is 5.46. The number of amides is 1. The third-order valence-corrected chi connectivity index (χ3v) is 3.91. The second kappa shape index (κ2) is 7.33. The number of aryl methyl sites for hydroxylation is 1. The zero-order valence-corrected chi connectivity index (χ0v) is 14.0. The zero-order chi connectivity index (χ0) is 15.2. The molecule has 0 saturated heterocycles. The van der Waals surface area contributed by atoms with Crippen molar-refractivity contribution in [2.75, 3.05) is 7.11 Å². The summed E-state index contributed by atoms with van der Waals surface area (Å²) in [5.41, 5.74) is 4.01. The summed E-state index contributed by atoms with van der Waals surface area (Å²) in [5.74, 6) is 0.483. The molecule has 0 aliphatic carbocycles. The Labute approximate surface area is 135 Å². The second-order valence-electron chi connectivity index (χ2n) is 4.21. The van der Waals surface area contributed by atoms with Gasteiger partial charge in [-0.05, 0) is 25.1 Å². The Morgan fingerprint density at radius 2 is 2.38 bits per heavy atom. The normalized spacial score (nSPS) is 10.8. The number of hydrogen-bond donors (Lipinski definition) is 1. The van der Waals surface area contributed by atoms with Gasteiger partial charge >= 0.3 is 0 Å². The highest BCUT2D eigenvalue weighted by atomic mass is 79.9. The summed E-state index contributed by atoms with van der Waals surface area (Å²) in [6.45, 7) is 1.91. The van der Waals surface area contributed by atoms with E-state index in [-0.39, 0.29) is 12.3 Å². The number of carbonyl (C=O) groups excluding carboxylic acids is 1. The van der Waals surface area contributed by atoms with E-state index < -0.39 is 0 Å². The van der Waals surface area contributed by atoms with Crippen molar-refractivity contribution in [1.29, 1.82) is 0 Å². The molecule has 0 aliphatic heterocycles. The van der Waals surface area contributed by atoms with Gasteiger partial charge in [0.15, 0.2) is 0 Å². The van der Waals surface area contributed by atoms with Gasteiger partial charge in [-0.1, -0.05) is 15.9 Å². The summed E-state index contributed by atoms with van der Waals surface area (Å²) in [6, 6.07) is 5.56. The highest BCUT2D eigenvalue weighted by molar-refractivity contribution is 9.10. The molecule has 110 valence electrons. The maximum absolute atomic E-state index is 11.7. The van der Waals surface area contributed by atoms with Gasteiger partial charge in [-0.15, -0.1) is 11.3 Å². The number of carbonyl (C=O) groups is 1. The Balaban J connectivity index is 1.95. The van der Waals surface area contributed by atoms with Crippen LogP contribution in [-0.2, 0) is 11.2 Å². The number of thiazole rings is 1. The molecule has 0 aliphatic rings. The predicted molar refractivity (Wildman–Crippen MR) is 87.0 cm³/mol. The highest BCUT2D eigenvalue weighted by Crippen LogP contribution is 2.21. The van der Waals surface area contributed by atoms with Crippen molar-refractivity contribution in [2.24, 2.45) is 5.10 Å². The SMILES string of the molecule is COc1ccc(Br)cc1/C=N\NC(=O)Cc1csc(C)n1. The van der Waals surface area contributed by atoms with Gasteiger partial charge in [0.2, 0.25) is 5.91 Å². The lowest BCUT2D eigenvalue weighted by Gasteiger charge is -2.04. The zero-order valence-electron chi connectivity index (χ0n) is 11.6. The number of ether oxygens (including phenoxy) is 1. The maximum atomic E-state index is 11.7. The van der Waals surface area contributed by atoms with Crippen molar-refractivity contribution in [3.8, 4) is 5.75 Å². The van der Waals surface area contributed by atoms with Crippen molar-refractivity contribution in [2.45, 2.75) is 13.3 Å². The lowest BCUT2D eigenvalue weighted by molar-refractivity contribution is -0.120.